The standard InChI is InChI=1S/C30H36N8O2/c1-3-31-30(39)34-24-10-8-23(9-11-24)28-26(21-38(4-2)36-28)27-12-14-32-29(35-27)33-25-7-5-6-22(20-25)13-15-37-16-18-40-19-17-37/h5-12,14,20-21H,3-4,13,15-19H2,1-2H3,(H2,31,34,39)(H,32,33,35). The summed E-state index contributed by atoms with van der Waals surface area (Å²) in [4.78, 5) is 23.6. The van der Waals surface area contributed by atoms with Gasteiger partial charge in [0, 0.05) is 67.6 Å². The minimum absolute atomic E-state index is 0.227. The summed E-state index contributed by atoms with van der Waals surface area (Å²) in [5.74, 6) is 0.527. The van der Waals surface area contributed by atoms with Crippen molar-refractivity contribution < 1.29 is 9.53 Å². The fourth-order valence-corrected chi connectivity index (χ4v) is 4.65. The van der Waals surface area contributed by atoms with Crippen molar-refractivity contribution in [2.24, 2.45) is 0 Å². The zero-order chi connectivity index (χ0) is 27.7. The van der Waals surface area contributed by atoms with Crippen LogP contribution < -0.4 is 16.0 Å². The van der Waals surface area contributed by atoms with Gasteiger partial charge in [0.2, 0.25) is 5.95 Å². The molecule has 3 heterocycles. The fourth-order valence-electron chi connectivity index (χ4n) is 4.65. The van der Waals surface area contributed by atoms with Crippen LogP contribution in [0, 0.1) is 0 Å². The van der Waals surface area contributed by atoms with E-state index in [1.54, 1.807) is 6.20 Å². The molecule has 40 heavy (non-hydrogen) atoms. The van der Waals surface area contributed by atoms with E-state index in [-0.39, 0.29) is 6.03 Å². The molecular formula is C30H36N8O2. The molecule has 10 heteroatoms. The Morgan fingerprint density at radius 3 is 2.62 bits per heavy atom. The van der Waals surface area contributed by atoms with Gasteiger partial charge in [-0.05, 0) is 56.2 Å². The van der Waals surface area contributed by atoms with Crippen molar-refractivity contribution in [3.05, 3.63) is 72.6 Å². The summed E-state index contributed by atoms with van der Waals surface area (Å²) in [6, 6.07) is 17.7. The normalized spacial score (nSPS) is 13.7. The summed E-state index contributed by atoms with van der Waals surface area (Å²) < 4.78 is 7.36. The number of nitrogens with zero attached hydrogens (tertiary/aromatic N) is 5. The van der Waals surface area contributed by atoms with Crippen molar-refractivity contribution in [3.63, 3.8) is 0 Å². The number of amides is 2. The van der Waals surface area contributed by atoms with E-state index in [0.29, 0.717) is 18.2 Å². The van der Waals surface area contributed by atoms with E-state index in [0.717, 1.165) is 74.0 Å². The van der Waals surface area contributed by atoms with Crippen molar-refractivity contribution in [1.29, 1.82) is 0 Å². The minimum Gasteiger partial charge on any atom is -0.379 e. The Morgan fingerprint density at radius 2 is 1.85 bits per heavy atom. The highest BCUT2D eigenvalue weighted by Crippen LogP contribution is 2.31. The van der Waals surface area contributed by atoms with Gasteiger partial charge in [0.15, 0.2) is 0 Å². The molecule has 0 radical (unpaired) electrons. The largest absolute Gasteiger partial charge is 0.379 e. The molecule has 0 spiro atoms. The van der Waals surface area contributed by atoms with Crippen molar-refractivity contribution >= 4 is 23.4 Å². The lowest BCUT2D eigenvalue weighted by atomic mass is 10.1. The quantitative estimate of drug-likeness (QED) is 0.265. The molecule has 2 aromatic heterocycles. The lowest BCUT2D eigenvalue weighted by Gasteiger charge is -2.26. The SMILES string of the molecule is CCNC(=O)Nc1ccc(-c2nn(CC)cc2-c2ccnc(Nc3cccc(CCN4CCOCC4)c3)n2)cc1. The number of anilines is 3. The Kier molecular flexibility index (Phi) is 9.00. The topological polar surface area (TPSA) is 109 Å². The van der Waals surface area contributed by atoms with Crippen LogP contribution in [0.25, 0.3) is 22.5 Å². The van der Waals surface area contributed by atoms with Gasteiger partial charge in [0.05, 0.1) is 18.9 Å². The van der Waals surface area contributed by atoms with E-state index in [4.69, 9.17) is 14.8 Å². The Morgan fingerprint density at radius 1 is 1.02 bits per heavy atom. The summed E-state index contributed by atoms with van der Waals surface area (Å²) in [6.07, 6.45) is 4.75. The van der Waals surface area contributed by atoms with Gasteiger partial charge < -0.3 is 20.7 Å². The van der Waals surface area contributed by atoms with Gasteiger partial charge in [-0.25, -0.2) is 14.8 Å². The number of benzene rings is 2. The van der Waals surface area contributed by atoms with Crippen LogP contribution in [0.5, 0.6) is 0 Å². The maximum Gasteiger partial charge on any atom is 0.319 e. The van der Waals surface area contributed by atoms with Gasteiger partial charge in [-0.15, -0.1) is 0 Å². The molecule has 1 aliphatic rings. The highest BCUT2D eigenvalue weighted by atomic mass is 16.5. The molecule has 1 saturated heterocycles. The molecule has 4 aromatic rings. The number of aryl methyl sites for hydroxylation is 1. The molecule has 5 rings (SSSR count). The summed E-state index contributed by atoms with van der Waals surface area (Å²) in [5, 5.41) is 13.7. The van der Waals surface area contributed by atoms with Crippen molar-refractivity contribution in [1.82, 2.24) is 30.0 Å². The number of aromatic nitrogens is 4. The first-order valence-corrected chi connectivity index (χ1v) is 13.8. The van der Waals surface area contributed by atoms with Crippen LogP contribution in [0.2, 0.25) is 0 Å². The Hall–Kier alpha value is -4.28. The molecule has 1 aliphatic heterocycles. The van der Waals surface area contributed by atoms with Crippen molar-refractivity contribution in [3.8, 4) is 22.5 Å². The van der Waals surface area contributed by atoms with Crippen LogP contribution >= 0.6 is 0 Å². The van der Waals surface area contributed by atoms with Gasteiger partial charge in [0.25, 0.3) is 0 Å². The first kappa shape index (κ1) is 27.3. The third-order valence-corrected chi connectivity index (χ3v) is 6.77. The number of hydrogen-bond donors (Lipinski definition) is 3. The Bertz CT molecular complexity index is 1410. The van der Waals surface area contributed by atoms with Crippen molar-refractivity contribution in [2.75, 3.05) is 50.0 Å². The van der Waals surface area contributed by atoms with Gasteiger partial charge in [-0.2, -0.15) is 5.10 Å². The predicted octanol–water partition coefficient (Wildman–Crippen LogP) is 4.79. The van der Waals surface area contributed by atoms with Crippen LogP contribution in [-0.4, -0.2) is 70.1 Å². The maximum atomic E-state index is 11.9. The van der Waals surface area contributed by atoms with E-state index in [1.807, 2.05) is 54.2 Å². The van der Waals surface area contributed by atoms with E-state index < -0.39 is 0 Å². The fraction of sp³-hybridized carbons (Fsp3) is 0.333. The predicted molar refractivity (Wildman–Crippen MR) is 158 cm³/mol. The molecule has 0 aliphatic carbocycles. The minimum atomic E-state index is -0.227. The number of ether oxygens (including phenoxy) is 1. The number of nitrogens with one attached hydrogen (secondary N) is 3. The molecule has 2 aromatic carbocycles. The van der Waals surface area contributed by atoms with Gasteiger partial charge >= 0.3 is 6.03 Å². The number of carbonyl (C=O) groups excluding carboxylic acids is 1. The average molecular weight is 541 g/mol. The van der Waals surface area contributed by atoms with E-state index >= 15 is 0 Å². The van der Waals surface area contributed by atoms with Crippen LogP contribution in [-0.2, 0) is 17.7 Å². The molecule has 3 N–H and O–H groups in total. The van der Waals surface area contributed by atoms with Crippen LogP contribution in [0.3, 0.4) is 0 Å². The van der Waals surface area contributed by atoms with E-state index in [1.165, 1.54) is 5.56 Å². The second-order valence-electron chi connectivity index (χ2n) is 9.60. The molecular weight excluding hydrogens is 504 g/mol. The Balaban J connectivity index is 1.32. The molecule has 1 fully saturated rings. The summed E-state index contributed by atoms with van der Waals surface area (Å²) in [6.45, 7) is 9.87. The monoisotopic (exact) mass is 540 g/mol. The molecule has 10 nitrogen and oxygen atoms in total. The Labute approximate surface area is 234 Å². The first-order chi connectivity index (χ1) is 19.6. The zero-order valence-corrected chi connectivity index (χ0v) is 23.1. The van der Waals surface area contributed by atoms with Crippen LogP contribution in [0.15, 0.2) is 67.0 Å². The zero-order valence-electron chi connectivity index (χ0n) is 23.1. The molecule has 0 atom stereocenters. The smallest absolute Gasteiger partial charge is 0.319 e. The maximum absolute atomic E-state index is 11.9. The van der Waals surface area contributed by atoms with Gasteiger partial charge in [-0.1, -0.05) is 24.3 Å². The summed E-state index contributed by atoms with van der Waals surface area (Å²) in [5.41, 5.74) is 6.38. The summed E-state index contributed by atoms with van der Waals surface area (Å²) in [7, 11) is 0. The van der Waals surface area contributed by atoms with Crippen molar-refractivity contribution in [2.45, 2.75) is 26.8 Å². The molecule has 0 bridgehead atoms. The highest BCUT2D eigenvalue weighted by Gasteiger charge is 2.16. The lowest BCUT2D eigenvalue weighted by Crippen LogP contribution is -2.37. The number of morpholine rings is 1. The van der Waals surface area contributed by atoms with E-state index in [9.17, 15) is 4.79 Å². The first-order valence-electron chi connectivity index (χ1n) is 13.8. The number of carbonyl (C=O) groups is 1. The molecule has 2 amide bonds. The lowest BCUT2D eigenvalue weighted by molar-refractivity contribution is 0.0384. The van der Waals surface area contributed by atoms with Crippen LogP contribution in [0.1, 0.15) is 19.4 Å². The second kappa shape index (κ2) is 13.2. The van der Waals surface area contributed by atoms with E-state index in [2.05, 4.69) is 51.0 Å². The van der Waals surface area contributed by atoms with Gasteiger partial charge in [-0.3, -0.25) is 9.58 Å². The molecule has 0 saturated carbocycles. The molecule has 0 unspecified atom stereocenters. The molecule has 208 valence electrons. The van der Waals surface area contributed by atoms with Gasteiger partial charge in [0.1, 0.15) is 5.69 Å². The third-order valence-electron chi connectivity index (χ3n) is 6.77. The number of urea groups is 1. The average Bonchev–Trinajstić information content (AvgIpc) is 3.42. The van der Waals surface area contributed by atoms with Crippen LogP contribution in [0.4, 0.5) is 22.1 Å². The summed E-state index contributed by atoms with van der Waals surface area (Å²) >= 11 is 0. The third kappa shape index (κ3) is 7.02. The highest BCUT2D eigenvalue weighted by molar-refractivity contribution is 5.89. The second-order valence-corrected chi connectivity index (χ2v) is 9.60. The number of rotatable bonds is 10. The number of hydrogen-bond acceptors (Lipinski definition) is 7.